The van der Waals surface area contributed by atoms with E-state index in [0.717, 1.165) is 0 Å². The molecule has 16 heavy (non-hydrogen) atoms. The van der Waals surface area contributed by atoms with Gasteiger partial charge < -0.3 is 15.6 Å². The molecular weight excluding hydrogens is 206 g/mol. The Morgan fingerprint density at radius 1 is 1.31 bits per heavy atom. The van der Waals surface area contributed by atoms with Crippen LogP contribution in [0.4, 0.5) is 0 Å². The van der Waals surface area contributed by atoms with Gasteiger partial charge in [-0.25, -0.2) is 0 Å². The van der Waals surface area contributed by atoms with E-state index in [9.17, 15) is 9.90 Å². The van der Waals surface area contributed by atoms with Gasteiger partial charge in [-0.15, -0.1) is 0 Å². The van der Waals surface area contributed by atoms with Crippen LogP contribution in [0.25, 0.3) is 0 Å². The van der Waals surface area contributed by atoms with Crippen LogP contribution in [-0.4, -0.2) is 21.9 Å². The first kappa shape index (κ1) is 16.8. The molecule has 4 nitrogen and oxygen atoms in total. The molecule has 4 heteroatoms. The summed E-state index contributed by atoms with van der Waals surface area (Å²) < 4.78 is 0. The molecule has 0 unspecified atom stereocenters. The maximum atomic E-state index is 10.4. The molecule has 0 aromatic carbocycles. The summed E-state index contributed by atoms with van der Waals surface area (Å²) in [5, 5.41) is 25.3. The van der Waals surface area contributed by atoms with Crippen molar-refractivity contribution in [2.24, 2.45) is 0 Å². The number of hydrogen-bond donors (Lipinski definition) is 3. The molecule has 0 aromatic rings. The number of aliphatic hydroxyl groups excluding tert-OH is 1. The molecule has 0 bridgehead atoms. The number of aliphatic hydroxyl groups is 1. The van der Waals surface area contributed by atoms with E-state index in [4.69, 9.17) is 10.5 Å². The second kappa shape index (κ2) is 9.96. The molecule has 0 rings (SSSR count). The first-order chi connectivity index (χ1) is 7.52. The van der Waals surface area contributed by atoms with Gasteiger partial charge in [0.2, 0.25) is 0 Å². The van der Waals surface area contributed by atoms with Crippen LogP contribution >= 0.6 is 0 Å². The largest absolute Gasteiger partial charge is 0.508 e. The third kappa shape index (κ3) is 6.81. The number of carbonyl (C=O) groups is 1. The van der Waals surface area contributed by atoms with E-state index in [0.29, 0.717) is 12.0 Å². The Balaban J connectivity index is 0. The Morgan fingerprint density at radius 3 is 2.12 bits per heavy atom. The van der Waals surface area contributed by atoms with Crippen molar-refractivity contribution in [3.63, 3.8) is 0 Å². The van der Waals surface area contributed by atoms with Crippen molar-refractivity contribution in [1.29, 1.82) is 5.41 Å². The van der Waals surface area contributed by atoms with Gasteiger partial charge in [0.25, 0.3) is 0 Å². The van der Waals surface area contributed by atoms with E-state index in [-0.39, 0.29) is 17.9 Å². The molecule has 0 heterocycles. The predicted molar refractivity (Wildman–Crippen MR) is 66.1 cm³/mol. The van der Waals surface area contributed by atoms with Crippen LogP contribution in [0, 0.1) is 5.41 Å². The van der Waals surface area contributed by atoms with Crippen molar-refractivity contribution >= 4 is 11.7 Å². The lowest BCUT2D eigenvalue weighted by Gasteiger charge is -2.06. The molecule has 0 spiro atoms. The van der Waals surface area contributed by atoms with E-state index in [1.54, 1.807) is 13.0 Å². The summed E-state index contributed by atoms with van der Waals surface area (Å²) in [6.07, 6.45) is 3.36. The normalized spacial score (nSPS) is 11.5. The van der Waals surface area contributed by atoms with Gasteiger partial charge in [-0.05, 0) is 19.4 Å². The van der Waals surface area contributed by atoms with Crippen molar-refractivity contribution in [1.82, 2.24) is 0 Å². The average molecular weight is 227 g/mol. The van der Waals surface area contributed by atoms with Gasteiger partial charge in [0.15, 0.2) is 0 Å². The van der Waals surface area contributed by atoms with E-state index in [1.807, 2.05) is 20.8 Å². The lowest BCUT2D eigenvalue weighted by Crippen LogP contribution is -2.10. The molecule has 0 fully saturated rings. The molecule has 0 atom stereocenters. The highest BCUT2D eigenvalue weighted by Gasteiger charge is 2.11. The highest BCUT2D eigenvalue weighted by molar-refractivity contribution is 6.09. The monoisotopic (exact) mass is 227 g/mol. The van der Waals surface area contributed by atoms with Gasteiger partial charge in [-0.1, -0.05) is 26.8 Å². The third-order valence-corrected chi connectivity index (χ3v) is 1.61. The van der Waals surface area contributed by atoms with E-state index >= 15 is 0 Å². The number of nitrogens with one attached hydrogen (secondary N) is 1. The SMILES string of the molecule is C/C=C(O)\C(=C/CC)C(=N)CC(=O)O.CC. The number of carboxylic acid groups (broad SMARTS) is 1. The van der Waals surface area contributed by atoms with Crippen LogP contribution in [0.1, 0.15) is 40.5 Å². The minimum Gasteiger partial charge on any atom is -0.508 e. The number of carboxylic acids is 1. The van der Waals surface area contributed by atoms with E-state index < -0.39 is 5.97 Å². The molecule has 3 N–H and O–H groups in total. The minimum atomic E-state index is -1.07. The van der Waals surface area contributed by atoms with Crippen LogP contribution in [0.2, 0.25) is 0 Å². The first-order valence-corrected chi connectivity index (χ1v) is 5.38. The third-order valence-electron chi connectivity index (χ3n) is 1.61. The Kier molecular flexibility index (Phi) is 10.5. The first-order valence-electron chi connectivity index (χ1n) is 5.38. The second-order valence-corrected chi connectivity index (χ2v) is 2.75. The molecule has 92 valence electrons. The van der Waals surface area contributed by atoms with Gasteiger partial charge in [-0.2, -0.15) is 0 Å². The van der Waals surface area contributed by atoms with Crippen molar-refractivity contribution < 1.29 is 15.0 Å². The minimum absolute atomic E-state index is 0.0434. The molecule has 0 aliphatic heterocycles. The zero-order valence-corrected chi connectivity index (χ0v) is 10.4. The summed E-state index contributed by atoms with van der Waals surface area (Å²) in [5.74, 6) is -1.11. The lowest BCUT2D eigenvalue weighted by atomic mass is 10.0. The van der Waals surface area contributed by atoms with Crippen LogP contribution < -0.4 is 0 Å². The quantitative estimate of drug-likeness (QED) is 0.383. The Morgan fingerprint density at radius 2 is 1.81 bits per heavy atom. The van der Waals surface area contributed by atoms with Gasteiger partial charge in [-0.3, -0.25) is 4.79 Å². The van der Waals surface area contributed by atoms with Gasteiger partial charge in [0.05, 0.1) is 12.1 Å². The predicted octanol–water partition coefficient (Wildman–Crippen LogP) is 3.31. The smallest absolute Gasteiger partial charge is 0.309 e. The molecule has 0 aliphatic carbocycles. The molecule has 0 saturated carbocycles. The number of allylic oxidation sites excluding steroid dienone is 3. The van der Waals surface area contributed by atoms with Gasteiger partial charge >= 0.3 is 5.97 Å². The summed E-state index contributed by atoms with van der Waals surface area (Å²) in [7, 11) is 0. The zero-order chi connectivity index (χ0) is 13.1. The van der Waals surface area contributed by atoms with E-state index in [1.165, 1.54) is 6.08 Å². The van der Waals surface area contributed by atoms with Crippen LogP contribution in [0.15, 0.2) is 23.5 Å². The van der Waals surface area contributed by atoms with E-state index in [2.05, 4.69) is 0 Å². The Hall–Kier alpha value is -1.58. The molecule has 0 aromatic heterocycles. The van der Waals surface area contributed by atoms with Crippen molar-refractivity contribution in [2.45, 2.75) is 40.5 Å². The Bertz CT molecular complexity index is 291. The lowest BCUT2D eigenvalue weighted by molar-refractivity contribution is -0.135. The highest BCUT2D eigenvalue weighted by atomic mass is 16.4. The van der Waals surface area contributed by atoms with Gasteiger partial charge in [0.1, 0.15) is 5.76 Å². The summed E-state index contributed by atoms with van der Waals surface area (Å²) >= 11 is 0. The van der Waals surface area contributed by atoms with Crippen molar-refractivity contribution in [3.05, 3.63) is 23.5 Å². The van der Waals surface area contributed by atoms with Crippen molar-refractivity contribution in [3.8, 4) is 0 Å². The van der Waals surface area contributed by atoms with Gasteiger partial charge in [0, 0.05) is 5.57 Å². The molecular formula is C12H21NO3. The molecule has 0 aliphatic rings. The number of hydrogen-bond acceptors (Lipinski definition) is 3. The van der Waals surface area contributed by atoms with Crippen LogP contribution in [-0.2, 0) is 4.79 Å². The second-order valence-electron chi connectivity index (χ2n) is 2.75. The maximum absolute atomic E-state index is 10.4. The maximum Gasteiger partial charge on any atom is 0.309 e. The topological polar surface area (TPSA) is 81.4 Å². The molecule has 0 saturated heterocycles. The fraction of sp³-hybridized carbons (Fsp3) is 0.500. The summed E-state index contributed by atoms with van der Waals surface area (Å²) in [5.41, 5.74) is 0.229. The van der Waals surface area contributed by atoms with Crippen molar-refractivity contribution in [2.75, 3.05) is 0 Å². The summed E-state index contributed by atoms with van der Waals surface area (Å²) in [6, 6.07) is 0. The molecule has 0 amide bonds. The average Bonchev–Trinajstić information content (AvgIpc) is 2.26. The van der Waals surface area contributed by atoms with Crippen LogP contribution in [0.5, 0.6) is 0 Å². The summed E-state index contributed by atoms with van der Waals surface area (Å²) in [4.78, 5) is 10.4. The number of rotatable bonds is 5. The Labute approximate surface area is 96.8 Å². The number of aliphatic carboxylic acids is 1. The fourth-order valence-corrected chi connectivity index (χ4v) is 0.988. The fourth-order valence-electron chi connectivity index (χ4n) is 0.988. The molecule has 0 radical (unpaired) electrons. The summed E-state index contributed by atoms with van der Waals surface area (Å²) in [6.45, 7) is 7.49. The standard InChI is InChI=1S/C10H15NO3.C2H6/c1-3-5-7(9(12)4-2)8(11)6-10(13)14;1-2/h4-5,11-12H,3,6H2,1-2H3,(H,13,14);1-2H3/b7-5-,9-4+,11-8?;. The highest BCUT2D eigenvalue weighted by Crippen LogP contribution is 2.11. The van der Waals surface area contributed by atoms with Crippen LogP contribution in [0.3, 0.4) is 0 Å². The zero-order valence-electron chi connectivity index (χ0n) is 10.4.